The molecule has 0 saturated carbocycles. The lowest BCUT2D eigenvalue weighted by molar-refractivity contribution is -0.149. The van der Waals surface area contributed by atoms with Crippen LogP contribution in [0.5, 0.6) is 0 Å². The maximum atomic E-state index is 11.4. The highest BCUT2D eigenvalue weighted by Gasteiger charge is 2.09. The molecule has 102 valence electrons. The van der Waals surface area contributed by atoms with E-state index in [4.69, 9.17) is 0 Å². The molecule has 1 rings (SSSR count). The van der Waals surface area contributed by atoms with Crippen LogP contribution >= 0.6 is 0 Å². The van der Waals surface area contributed by atoms with E-state index < -0.39 is 18.9 Å². The average molecular weight is 265 g/mol. The summed E-state index contributed by atoms with van der Waals surface area (Å²) in [6, 6.07) is 7.31. The summed E-state index contributed by atoms with van der Waals surface area (Å²) in [7, 11) is 1.38. The number of rotatable bonds is 4. The van der Waals surface area contributed by atoms with E-state index in [0.717, 1.165) is 10.6 Å². The average Bonchev–Trinajstić information content (AvgIpc) is 2.37. The lowest BCUT2D eigenvalue weighted by Crippen LogP contribution is -2.23. The van der Waals surface area contributed by atoms with Gasteiger partial charge < -0.3 is 9.47 Å². The maximum absolute atomic E-state index is 11.4. The van der Waals surface area contributed by atoms with Crippen molar-refractivity contribution in [2.24, 2.45) is 10.3 Å². The van der Waals surface area contributed by atoms with Crippen molar-refractivity contribution in [3.05, 3.63) is 29.8 Å². The van der Waals surface area contributed by atoms with Gasteiger partial charge in [0.15, 0.2) is 0 Å². The van der Waals surface area contributed by atoms with Gasteiger partial charge >= 0.3 is 12.1 Å². The van der Waals surface area contributed by atoms with Crippen molar-refractivity contribution in [2.45, 2.75) is 13.8 Å². The molecule has 0 heterocycles. The van der Waals surface area contributed by atoms with Gasteiger partial charge in [0.2, 0.25) is 6.79 Å². The highest BCUT2D eigenvalue weighted by atomic mass is 16.7. The second-order valence-electron chi connectivity index (χ2n) is 3.71. The van der Waals surface area contributed by atoms with Crippen LogP contribution in [0.1, 0.15) is 12.5 Å². The van der Waals surface area contributed by atoms with Crippen LogP contribution in [0.4, 0.5) is 10.5 Å². The lowest BCUT2D eigenvalue weighted by atomic mass is 10.2. The van der Waals surface area contributed by atoms with Gasteiger partial charge in [-0.3, -0.25) is 4.79 Å². The van der Waals surface area contributed by atoms with E-state index in [2.05, 4.69) is 19.8 Å². The molecule has 0 atom stereocenters. The zero-order valence-corrected chi connectivity index (χ0v) is 11.0. The minimum Gasteiger partial charge on any atom is -0.428 e. The number of ether oxygens (including phenoxy) is 2. The summed E-state index contributed by atoms with van der Waals surface area (Å²) in [4.78, 5) is 21.8. The number of carbonyl (C=O) groups is 2. The van der Waals surface area contributed by atoms with E-state index in [1.54, 1.807) is 12.1 Å². The lowest BCUT2D eigenvalue weighted by Gasteiger charge is -2.09. The predicted octanol–water partition coefficient (Wildman–Crippen LogP) is 2.58. The first-order valence-corrected chi connectivity index (χ1v) is 5.51. The number of esters is 1. The van der Waals surface area contributed by atoms with Crippen molar-refractivity contribution in [3.63, 3.8) is 0 Å². The number of benzene rings is 1. The third kappa shape index (κ3) is 5.62. The molecule has 0 aliphatic carbocycles. The van der Waals surface area contributed by atoms with Crippen LogP contribution in [-0.2, 0) is 14.3 Å². The molecule has 0 radical (unpaired) electrons. The quantitative estimate of drug-likeness (QED) is 0.362. The standard InChI is InChI=1S/C12H15N3O4/c1-9-4-6-11(7-5-9)13-14-15(3)12(17)19-8-18-10(2)16/h4-7H,8H2,1-3H3. The highest BCUT2D eigenvalue weighted by Crippen LogP contribution is 2.13. The van der Waals surface area contributed by atoms with Crippen molar-refractivity contribution in [1.82, 2.24) is 5.01 Å². The van der Waals surface area contributed by atoms with E-state index in [9.17, 15) is 9.59 Å². The monoisotopic (exact) mass is 265 g/mol. The second-order valence-corrected chi connectivity index (χ2v) is 3.71. The highest BCUT2D eigenvalue weighted by molar-refractivity contribution is 5.68. The van der Waals surface area contributed by atoms with Crippen molar-refractivity contribution in [1.29, 1.82) is 0 Å². The minimum absolute atomic E-state index is 0.446. The molecule has 0 fully saturated rings. The second kappa shape index (κ2) is 7.10. The molecule has 0 saturated heterocycles. The fourth-order valence-corrected chi connectivity index (χ4v) is 1.02. The van der Waals surface area contributed by atoms with Crippen LogP contribution in [0, 0.1) is 6.92 Å². The van der Waals surface area contributed by atoms with Gasteiger partial charge in [-0.2, -0.15) is 5.01 Å². The van der Waals surface area contributed by atoms with Crippen LogP contribution in [0.15, 0.2) is 34.6 Å². The zero-order valence-electron chi connectivity index (χ0n) is 11.0. The Morgan fingerprint density at radius 2 is 1.84 bits per heavy atom. The topological polar surface area (TPSA) is 80.6 Å². The molecule has 0 aromatic heterocycles. The minimum atomic E-state index is -0.767. The summed E-state index contributed by atoms with van der Waals surface area (Å²) >= 11 is 0. The SMILES string of the molecule is CC(=O)OCOC(=O)N(C)N=Nc1ccc(C)cc1. The molecule has 1 aromatic carbocycles. The Morgan fingerprint density at radius 1 is 1.21 bits per heavy atom. The van der Waals surface area contributed by atoms with Crippen molar-refractivity contribution < 1.29 is 19.1 Å². The van der Waals surface area contributed by atoms with Gasteiger partial charge in [0.1, 0.15) is 0 Å². The molecule has 19 heavy (non-hydrogen) atoms. The summed E-state index contributed by atoms with van der Waals surface area (Å²) in [6.07, 6.45) is -0.767. The van der Waals surface area contributed by atoms with E-state index >= 15 is 0 Å². The summed E-state index contributed by atoms with van der Waals surface area (Å²) in [5.74, 6) is -0.531. The van der Waals surface area contributed by atoms with Gasteiger partial charge in [0.05, 0.1) is 5.69 Å². The van der Waals surface area contributed by atoms with Gasteiger partial charge in [-0.1, -0.05) is 22.9 Å². The fourth-order valence-electron chi connectivity index (χ4n) is 1.02. The molecular weight excluding hydrogens is 250 g/mol. The largest absolute Gasteiger partial charge is 0.434 e. The van der Waals surface area contributed by atoms with Crippen LogP contribution in [0.2, 0.25) is 0 Å². The molecule has 0 N–H and O–H groups in total. The first kappa shape index (κ1) is 14.6. The van der Waals surface area contributed by atoms with Gasteiger partial charge in [0.25, 0.3) is 0 Å². The first-order valence-electron chi connectivity index (χ1n) is 5.51. The summed E-state index contributed by atoms with van der Waals surface area (Å²) in [6.45, 7) is 2.73. The van der Waals surface area contributed by atoms with Gasteiger partial charge in [-0.05, 0) is 19.1 Å². The zero-order chi connectivity index (χ0) is 14.3. The van der Waals surface area contributed by atoms with Crippen LogP contribution in [0.25, 0.3) is 0 Å². The number of hydrogen-bond acceptors (Lipinski definition) is 6. The molecule has 7 heteroatoms. The third-order valence-corrected chi connectivity index (χ3v) is 2.04. The van der Waals surface area contributed by atoms with Crippen LogP contribution in [0.3, 0.4) is 0 Å². The Labute approximate surface area is 110 Å². The molecule has 1 amide bonds. The van der Waals surface area contributed by atoms with E-state index in [1.165, 1.54) is 14.0 Å². The van der Waals surface area contributed by atoms with Crippen molar-refractivity contribution >= 4 is 17.7 Å². The Balaban J connectivity index is 2.44. The fraction of sp³-hybridized carbons (Fsp3) is 0.333. The number of carbonyl (C=O) groups excluding carboxylic acids is 2. The summed E-state index contributed by atoms with van der Waals surface area (Å²) < 4.78 is 9.07. The van der Waals surface area contributed by atoms with Crippen molar-refractivity contribution in [2.75, 3.05) is 13.8 Å². The first-order chi connectivity index (χ1) is 8.99. The molecule has 0 spiro atoms. The molecule has 1 aromatic rings. The van der Waals surface area contributed by atoms with Crippen molar-refractivity contribution in [3.8, 4) is 0 Å². The Kier molecular flexibility index (Phi) is 5.46. The molecule has 0 aliphatic heterocycles. The molecule has 7 nitrogen and oxygen atoms in total. The Bertz CT molecular complexity index is 470. The van der Waals surface area contributed by atoms with Gasteiger partial charge in [-0.25, -0.2) is 4.79 Å². The van der Waals surface area contributed by atoms with E-state index in [0.29, 0.717) is 5.69 Å². The number of aryl methyl sites for hydroxylation is 1. The summed E-state index contributed by atoms with van der Waals surface area (Å²) in [5.41, 5.74) is 1.72. The molecule has 0 bridgehead atoms. The van der Waals surface area contributed by atoms with Crippen LogP contribution < -0.4 is 0 Å². The number of nitrogens with zero attached hydrogens (tertiary/aromatic N) is 3. The maximum Gasteiger partial charge on any atom is 0.434 e. The molecular formula is C12H15N3O4. The Hall–Kier alpha value is -2.44. The van der Waals surface area contributed by atoms with Gasteiger partial charge in [0, 0.05) is 14.0 Å². The van der Waals surface area contributed by atoms with E-state index in [1.807, 2.05) is 19.1 Å². The predicted molar refractivity (Wildman–Crippen MR) is 66.6 cm³/mol. The summed E-state index contributed by atoms with van der Waals surface area (Å²) in [5, 5.41) is 8.43. The van der Waals surface area contributed by atoms with E-state index in [-0.39, 0.29) is 0 Å². The molecule has 0 aliphatic rings. The Morgan fingerprint density at radius 3 is 2.42 bits per heavy atom. The molecule has 0 unspecified atom stereocenters. The normalized spacial score (nSPS) is 10.3. The number of hydrogen-bond donors (Lipinski definition) is 0. The third-order valence-electron chi connectivity index (χ3n) is 2.04. The smallest absolute Gasteiger partial charge is 0.428 e. The number of amides is 1. The van der Waals surface area contributed by atoms with Crippen LogP contribution in [-0.4, -0.2) is 30.9 Å². The van der Waals surface area contributed by atoms with Gasteiger partial charge in [-0.15, -0.1) is 5.11 Å².